The van der Waals surface area contributed by atoms with Crippen LogP contribution in [0.25, 0.3) is 10.8 Å². The first-order valence-electron chi connectivity index (χ1n) is 8.41. The highest BCUT2D eigenvalue weighted by Gasteiger charge is 2.25. The van der Waals surface area contributed by atoms with Crippen LogP contribution in [-0.4, -0.2) is 38.7 Å². The molecule has 0 fully saturated rings. The first-order valence-corrected chi connectivity index (χ1v) is 9.90. The lowest BCUT2D eigenvalue weighted by atomic mass is 10.1. The predicted molar refractivity (Wildman–Crippen MR) is 101 cm³/mol. The number of rotatable bonds is 4. The lowest BCUT2D eigenvalue weighted by Crippen LogP contribution is -2.41. The number of sulfonamides is 1. The van der Waals surface area contributed by atoms with E-state index in [1.807, 2.05) is 43.5 Å². The van der Waals surface area contributed by atoms with Gasteiger partial charge >= 0.3 is 0 Å². The van der Waals surface area contributed by atoms with Crippen molar-refractivity contribution < 1.29 is 8.42 Å². The maximum absolute atomic E-state index is 13.0. The molecule has 1 N–H and O–H groups in total. The number of fused-ring (bicyclic) bond motifs is 1. The average Bonchev–Trinajstić information content (AvgIpc) is 3.10. The molecule has 132 valence electrons. The summed E-state index contributed by atoms with van der Waals surface area (Å²) in [6.45, 7) is 5.05. The number of guanidine groups is 1. The Balaban J connectivity index is 1.94. The van der Waals surface area contributed by atoms with Crippen molar-refractivity contribution in [3.8, 4) is 0 Å². The van der Waals surface area contributed by atoms with Crippen LogP contribution in [0.3, 0.4) is 0 Å². The van der Waals surface area contributed by atoms with Gasteiger partial charge in [0.05, 0.1) is 11.4 Å². The van der Waals surface area contributed by atoms with Crippen LogP contribution in [-0.2, 0) is 10.0 Å². The SMILES string of the molecule is CCN=C(NS(=O)(=O)c1cccc2ccccc12)N1CC(CC)C=N1. The number of benzene rings is 2. The number of hydrazone groups is 1. The third-order valence-electron chi connectivity index (χ3n) is 4.17. The molecule has 0 bridgehead atoms. The van der Waals surface area contributed by atoms with E-state index in [1.54, 1.807) is 17.1 Å². The smallest absolute Gasteiger partial charge is 0.251 e. The van der Waals surface area contributed by atoms with Gasteiger partial charge in [-0.05, 0) is 24.8 Å². The van der Waals surface area contributed by atoms with E-state index < -0.39 is 10.0 Å². The highest BCUT2D eigenvalue weighted by molar-refractivity contribution is 7.90. The Morgan fingerprint density at radius 3 is 2.72 bits per heavy atom. The molecule has 3 rings (SSSR count). The molecular weight excluding hydrogens is 336 g/mol. The third kappa shape index (κ3) is 3.66. The lowest BCUT2D eigenvalue weighted by Gasteiger charge is -2.19. The Morgan fingerprint density at radius 2 is 2.00 bits per heavy atom. The van der Waals surface area contributed by atoms with Gasteiger partial charge in [0, 0.05) is 24.1 Å². The molecular formula is C18H22N4O2S. The largest absolute Gasteiger partial charge is 0.264 e. The van der Waals surface area contributed by atoms with E-state index in [2.05, 4.69) is 21.7 Å². The first-order chi connectivity index (χ1) is 12.0. The van der Waals surface area contributed by atoms with Gasteiger partial charge in [0.25, 0.3) is 10.0 Å². The molecule has 1 atom stereocenters. The molecule has 0 aromatic heterocycles. The van der Waals surface area contributed by atoms with Gasteiger partial charge in [0.2, 0.25) is 5.96 Å². The number of aliphatic imine (C=N–C) groups is 1. The summed E-state index contributed by atoms with van der Waals surface area (Å²) >= 11 is 0. The standard InChI is InChI=1S/C18H22N4O2S/c1-3-14-12-20-22(13-14)18(19-4-2)21-25(23,24)17-11-7-9-15-8-5-6-10-16(15)17/h5-12,14H,3-4,13H2,1-2H3,(H,19,21). The minimum Gasteiger partial charge on any atom is -0.251 e. The zero-order valence-corrected chi connectivity index (χ0v) is 15.2. The Labute approximate surface area is 148 Å². The van der Waals surface area contributed by atoms with Crippen LogP contribution in [0.4, 0.5) is 0 Å². The van der Waals surface area contributed by atoms with Gasteiger partial charge in [0.15, 0.2) is 0 Å². The first kappa shape index (κ1) is 17.4. The second-order valence-electron chi connectivity index (χ2n) is 5.90. The second kappa shape index (κ2) is 7.23. The van der Waals surface area contributed by atoms with Gasteiger partial charge in [-0.3, -0.25) is 4.99 Å². The number of nitrogens with zero attached hydrogens (tertiary/aromatic N) is 3. The van der Waals surface area contributed by atoms with Crippen LogP contribution in [0.5, 0.6) is 0 Å². The zero-order valence-electron chi connectivity index (χ0n) is 14.4. The Kier molecular flexibility index (Phi) is 5.03. The summed E-state index contributed by atoms with van der Waals surface area (Å²) in [5.74, 6) is 0.576. The minimum atomic E-state index is -3.77. The molecule has 0 spiro atoms. The van der Waals surface area contributed by atoms with E-state index in [1.165, 1.54) is 0 Å². The van der Waals surface area contributed by atoms with Crippen LogP contribution in [0.15, 0.2) is 57.5 Å². The summed E-state index contributed by atoms with van der Waals surface area (Å²) in [4.78, 5) is 4.54. The van der Waals surface area contributed by atoms with E-state index in [4.69, 9.17) is 0 Å². The molecule has 0 radical (unpaired) electrons. The maximum atomic E-state index is 13.0. The van der Waals surface area contributed by atoms with Crippen LogP contribution in [0.1, 0.15) is 20.3 Å². The molecule has 0 aliphatic carbocycles. The number of hydrogen-bond donors (Lipinski definition) is 1. The van der Waals surface area contributed by atoms with Crippen molar-refractivity contribution in [1.29, 1.82) is 0 Å². The molecule has 1 unspecified atom stereocenters. The van der Waals surface area contributed by atoms with Gasteiger partial charge in [-0.25, -0.2) is 18.1 Å². The third-order valence-corrected chi connectivity index (χ3v) is 5.55. The monoisotopic (exact) mass is 358 g/mol. The van der Waals surface area contributed by atoms with Crippen molar-refractivity contribution in [2.75, 3.05) is 13.1 Å². The van der Waals surface area contributed by atoms with Crippen LogP contribution >= 0.6 is 0 Å². The molecule has 6 nitrogen and oxygen atoms in total. The summed E-state index contributed by atoms with van der Waals surface area (Å²) in [6.07, 6.45) is 2.80. The van der Waals surface area contributed by atoms with E-state index in [9.17, 15) is 8.42 Å². The quantitative estimate of drug-likeness (QED) is 0.675. The lowest BCUT2D eigenvalue weighted by molar-refractivity contribution is 0.429. The van der Waals surface area contributed by atoms with E-state index in [0.717, 1.165) is 11.8 Å². The number of nitrogens with one attached hydrogen (secondary N) is 1. The van der Waals surface area contributed by atoms with Crippen molar-refractivity contribution in [2.24, 2.45) is 16.0 Å². The molecule has 0 saturated carbocycles. The summed E-state index contributed by atoms with van der Waals surface area (Å²) in [5, 5.41) is 7.49. The highest BCUT2D eigenvalue weighted by atomic mass is 32.2. The molecule has 2 aromatic rings. The second-order valence-corrected chi connectivity index (χ2v) is 7.55. The summed E-state index contributed by atoms with van der Waals surface area (Å²) in [7, 11) is -3.77. The van der Waals surface area contributed by atoms with Crippen molar-refractivity contribution in [2.45, 2.75) is 25.2 Å². The maximum Gasteiger partial charge on any atom is 0.264 e. The molecule has 2 aromatic carbocycles. The van der Waals surface area contributed by atoms with Crippen molar-refractivity contribution in [3.63, 3.8) is 0 Å². The molecule has 25 heavy (non-hydrogen) atoms. The molecule has 1 aliphatic heterocycles. The normalized spacial score (nSPS) is 18.1. The average molecular weight is 358 g/mol. The van der Waals surface area contributed by atoms with Crippen molar-refractivity contribution in [1.82, 2.24) is 9.73 Å². The fourth-order valence-electron chi connectivity index (χ4n) is 2.79. The van der Waals surface area contributed by atoms with E-state index >= 15 is 0 Å². The van der Waals surface area contributed by atoms with Crippen LogP contribution < -0.4 is 4.72 Å². The van der Waals surface area contributed by atoms with Gasteiger partial charge in [-0.1, -0.05) is 43.3 Å². The Bertz CT molecular complexity index is 916. The molecule has 1 aliphatic rings. The fourth-order valence-corrected chi connectivity index (χ4v) is 4.04. The van der Waals surface area contributed by atoms with Crippen LogP contribution in [0, 0.1) is 5.92 Å². The number of hydrogen-bond acceptors (Lipinski definition) is 4. The fraction of sp³-hybridized carbons (Fsp3) is 0.333. The molecule has 0 amide bonds. The van der Waals surface area contributed by atoms with Gasteiger partial charge in [0.1, 0.15) is 0 Å². The Morgan fingerprint density at radius 1 is 1.24 bits per heavy atom. The van der Waals surface area contributed by atoms with Crippen molar-refractivity contribution in [3.05, 3.63) is 42.5 Å². The predicted octanol–water partition coefficient (Wildman–Crippen LogP) is 2.82. The van der Waals surface area contributed by atoms with Crippen LogP contribution in [0.2, 0.25) is 0 Å². The highest BCUT2D eigenvalue weighted by Crippen LogP contribution is 2.23. The summed E-state index contributed by atoms with van der Waals surface area (Å²) in [5.41, 5.74) is 0. The summed E-state index contributed by atoms with van der Waals surface area (Å²) in [6, 6.07) is 12.7. The Hall–Kier alpha value is -2.41. The van der Waals surface area contributed by atoms with Gasteiger partial charge in [-0.2, -0.15) is 5.10 Å². The molecule has 7 heteroatoms. The molecule has 0 saturated heterocycles. The topological polar surface area (TPSA) is 74.1 Å². The van der Waals surface area contributed by atoms with Gasteiger partial charge in [-0.15, -0.1) is 0 Å². The van der Waals surface area contributed by atoms with E-state index in [0.29, 0.717) is 24.4 Å². The van der Waals surface area contributed by atoms with Crippen molar-refractivity contribution >= 4 is 33.0 Å². The van der Waals surface area contributed by atoms with Gasteiger partial charge < -0.3 is 0 Å². The summed E-state index contributed by atoms with van der Waals surface area (Å²) < 4.78 is 28.6. The minimum absolute atomic E-state index is 0.240. The molecule has 1 heterocycles. The zero-order chi connectivity index (χ0) is 17.9. The van der Waals surface area contributed by atoms with E-state index in [-0.39, 0.29) is 10.9 Å².